The summed E-state index contributed by atoms with van der Waals surface area (Å²) < 4.78 is 0. The van der Waals surface area contributed by atoms with Crippen LogP contribution in [-0.2, 0) is 0 Å². The highest BCUT2D eigenvalue weighted by atomic mass is 32.2. The van der Waals surface area contributed by atoms with Gasteiger partial charge in [-0.15, -0.1) is 10.5 Å². The lowest BCUT2D eigenvalue weighted by atomic mass is 10.6. The fourth-order valence-electron chi connectivity index (χ4n) is 0.338. The Morgan fingerprint density at radius 1 is 1.17 bits per heavy atom. The molecule has 0 aliphatic carbocycles. The molecule has 1 heterocycles. The molecule has 0 nitrogen and oxygen atoms in total. The molecule has 0 aromatic rings. The molecule has 0 spiro atoms. The summed E-state index contributed by atoms with van der Waals surface area (Å²) >= 11 is 0. The molecule has 0 radical (unpaired) electrons. The van der Waals surface area contributed by atoms with Crippen molar-refractivity contribution in [1.82, 2.24) is 0 Å². The molecule has 0 saturated heterocycles. The monoisotopic (exact) mass is 98.0 g/mol. The van der Waals surface area contributed by atoms with Crippen LogP contribution < -0.4 is 0 Å². The highest BCUT2D eigenvalue weighted by Crippen LogP contribution is 2.17. The maximum absolute atomic E-state index is 3.79. The zero-order valence-electron chi connectivity index (χ0n) is 3.42. The first kappa shape index (κ1) is 3.88. The molecule has 6 heavy (non-hydrogen) atoms. The zero-order chi connectivity index (χ0) is 4.41. The largest absolute Gasteiger partial charge is 0.145 e. The summed E-state index contributed by atoms with van der Waals surface area (Å²) in [5, 5.41) is 4.17. The van der Waals surface area contributed by atoms with Gasteiger partial charge in [-0.1, -0.05) is 18.0 Å². The molecule has 1 heteroatoms. The highest BCUT2D eigenvalue weighted by Gasteiger charge is 1.78. The maximum atomic E-state index is 3.79. The Morgan fingerprint density at radius 3 is 1.83 bits per heavy atom. The summed E-state index contributed by atoms with van der Waals surface area (Å²) in [6.07, 6.45) is 4.05. The lowest BCUT2D eigenvalue weighted by Crippen LogP contribution is -1.35. The molecule has 0 atom stereocenters. The summed E-state index contributed by atoms with van der Waals surface area (Å²) in [6, 6.07) is 0. The molecule has 0 saturated carbocycles. The van der Waals surface area contributed by atoms with E-state index in [0.717, 1.165) is 0 Å². The van der Waals surface area contributed by atoms with E-state index < -0.39 is 0 Å². The fourth-order valence-corrected chi connectivity index (χ4v) is 1.01. The predicted octanol–water partition coefficient (Wildman–Crippen LogP) is 1.73. The summed E-state index contributed by atoms with van der Waals surface area (Å²) in [4.78, 5) is 0. The van der Waals surface area contributed by atoms with Gasteiger partial charge >= 0.3 is 0 Å². The van der Waals surface area contributed by atoms with E-state index in [1.54, 1.807) is 0 Å². The van der Waals surface area contributed by atoms with E-state index in [-0.39, 0.29) is 10.5 Å². The van der Waals surface area contributed by atoms with Crippen molar-refractivity contribution < 1.29 is 0 Å². The molecule has 1 rings (SSSR count). The molecular formula is C5H6S. The van der Waals surface area contributed by atoms with Gasteiger partial charge in [-0.3, -0.25) is 0 Å². The van der Waals surface area contributed by atoms with Crippen molar-refractivity contribution in [2.24, 2.45) is 0 Å². The summed E-state index contributed by atoms with van der Waals surface area (Å²) in [6.45, 7) is 0. The van der Waals surface area contributed by atoms with Gasteiger partial charge in [-0.2, -0.15) is 0 Å². The van der Waals surface area contributed by atoms with Gasteiger partial charge in [0.05, 0.1) is 0 Å². The van der Waals surface area contributed by atoms with Crippen LogP contribution >= 0.6 is 10.5 Å². The average molecular weight is 98.2 g/mol. The van der Waals surface area contributed by atoms with Crippen LogP contribution in [-0.4, -0.2) is 5.87 Å². The minimum absolute atomic E-state index is 0.216. The second-order valence-corrected chi connectivity index (χ2v) is 2.61. The lowest BCUT2D eigenvalue weighted by molar-refractivity contribution is 2.15. The van der Waals surface area contributed by atoms with Crippen LogP contribution in [0.4, 0.5) is 0 Å². The first-order valence-electron chi connectivity index (χ1n) is 1.76. The van der Waals surface area contributed by atoms with Gasteiger partial charge in [0.15, 0.2) is 0 Å². The fraction of sp³-hybridized carbons (Fsp3) is 0. The Balaban J connectivity index is 2.86. The molecular weight excluding hydrogens is 92.1 g/mol. The van der Waals surface area contributed by atoms with Crippen LogP contribution in [0.5, 0.6) is 0 Å². The number of rotatable bonds is 0. The molecule has 1 aliphatic rings. The summed E-state index contributed by atoms with van der Waals surface area (Å²) in [5.74, 6) is 3.79. The molecule has 0 N–H and O–H groups in total. The van der Waals surface area contributed by atoms with E-state index in [1.807, 2.05) is 12.2 Å². The van der Waals surface area contributed by atoms with E-state index in [1.165, 1.54) is 0 Å². The normalized spacial score (nSPS) is 20.0. The van der Waals surface area contributed by atoms with Crippen molar-refractivity contribution in [1.29, 1.82) is 0 Å². The topological polar surface area (TPSA) is 0 Å². The van der Waals surface area contributed by atoms with Crippen molar-refractivity contribution in [2.75, 3.05) is 0 Å². The molecule has 0 amide bonds. The number of hydrogen-bond donors (Lipinski definition) is 0. The van der Waals surface area contributed by atoms with Gasteiger partial charge in [-0.25, -0.2) is 0 Å². The SMILES string of the molecule is C=S1C=CC=C1. The van der Waals surface area contributed by atoms with Gasteiger partial charge in [0.2, 0.25) is 0 Å². The Kier molecular flexibility index (Phi) is 0.926. The summed E-state index contributed by atoms with van der Waals surface area (Å²) in [7, 11) is 0.216. The maximum Gasteiger partial charge on any atom is -0.0313 e. The van der Waals surface area contributed by atoms with Crippen molar-refractivity contribution in [2.45, 2.75) is 0 Å². The molecule has 0 bridgehead atoms. The van der Waals surface area contributed by atoms with Crippen LogP contribution in [0.15, 0.2) is 23.0 Å². The Labute approximate surface area is 40.1 Å². The van der Waals surface area contributed by atoms with Crippen LogP contribution in [0, 0.1) is 0 Å². The van der Waals surface area contributed by atoms with Crippen LogP contribution in [0.2, 0.25) is 0 Å². The van der Waals surface area contributed by atoms with Gasteiger partial charge in [0, 0.05) is 0 Å². The van der Waals surface area contributed by atoms with Crippen molar-refractivity contribution >= 4 is 16.4 Å². The van der Waals surface area contributed by atoms with Gasteiger partial charge in [0.1, 0.15) is 0 Å². The quantitative estimate of drug-likeness (QED) is 0.405. The van der Waals surface area contributed by atoms with Crippen molar-refractivity contribution in [3.63, 3.8) is 0 Å². The predicted molar refractivity (Wildman–Crippen MR) is 33.0 cm³/mol. The van der Waals surface area contributed by atoms with Gasteiger partial charge < -0.3 is 0 Å². The third kappa shape index (κ3) is 0.601. The first-order valence-corrected chi connectivity index (χ1v) is 3.28. The molecule has 0 unspecified atom stereocenters. The van der Waals surface area contributed by atoms with Crippen molar-refractivity contribution in [3.8, 4) is 0 Å². The van der Waals surface area contributed by atoms with E-state index in [0.29, 0.717) is 0 Å². The van der Waals surface area contributed by atoms with Gasteiger partial charge in [0.25, 0.3) is 0 Å². The first-order chi connectivity index (χ1) is 2.89. The van der Waals surface area contributed by atoms with Crippen molar-refractivity contribution in [3.05, 3.63) is 23.0 Å². The Bertz CT molecular complexity index is 106. The molecule has 0 aromatic carbocycles. The Hall–Kier alpha value is -0.300. The van der Waals surface area contributed by atoms with E-state index in [2.05, 4.69) is 16.7 Å². The third-order valence-corrected chi connectivity index (χ3v) is 1.63. The number of allylic oxidation sites excluding steroid dienone is 2. The van der Waals surface area contributed by atoms with E-state index in [9.17, 15) is 0 Å². The minimum Gasteiger partial charge on any atom is -0.145 e. The number of hydrogen-bond acceptors (Lipinski definition) is 0. The second kappa shape index (κ2) is 1.43. The zero-order valence-corrected chi connectivity index (χ0v) is 4.24. The third-order valence-electron chi connectivity index (χ3n) is 0.618. The lowest BCUT2D eigenvalue weighted by Gasteiger charge is -1.75. The molecule has 32 valence electrons. The van der Waals surface area contributed by atoms with Crippen LogP contribution in [0.25, 0.3) is 0 Å². The minimum atomic E-state index is 0.216. The standard InChI is InChI=1S/C5H6S/c1-6-4-2-3-5-6/h2-5H,1H2. The molecule has 0 aromatic heterocycles. The van der Waals surface area contributed by atoms with Gasteiger partial charge in [-0.05, 0) is 10.8 Å². The average Bonchev–Trinajstić information content (AvgIpc) is 1.86. The highest BCUT2D eigenvalue weighted by molar-refractivity contribution is 8.19. The van der Waals surface area contributed by atoms with E-state index in [4.69, 9.17) is 0 Å². The Morgan fingerprint density at radius 2 is 1.67 bits per heavy atom. The molecule has 0 fully saturated rings. The molecule has 1 aliphatic heterocycles. The summed E-state index contributed by atoms with van der Waals surface area (Å²) in [5.41, 5.74) is 0. The smallest absolute Gasteiger partial charge is 0.0313 e. The van der Waals surface area contributed by atoms with E-state index >= 15 is 0 Å². The van der Waals surface area contributed by atoms with Crippen LogP contribution in [0.1, 0.15) is 0 Å². The van der Waals surface area contributed by atoms with Crippen LogP contribution in [0.3, 0.4) is 0 Å². The second-order valence-electron chi connectivity index (χ2n) is 1.13.